The second-order valence-electron chi connectivity index (χ2n) is 4.26. The van der Waals surface area contributed by atoms with Crippen LogP contribution in [0.5, 0.6) is 0 Å². The van der Waals surface area contributed by atoms with Gasteiger partial charge in [0.05, 0.1) is 11.3 Å². The van der Waals surface area contributed by atoms with Crippen LogP contribution in [0.25, 0.3) is 0 Å². The van der Waals surface area contributed by atoms with E-state index in [0.717, 1.165) is 11.4 Å². The Hall–Kier alpha value is -2.30. The van der Waals surface area contributed by atoms with Gasteiger partial charge in [-0.2, -0.15) is 5.10 Å². The second kappa shape index (κ2) is 4.52. The third-order valence-corrected chi connectivity index (χ3v) is 2.83. The van der Waals surface area contributed by atoms with E-state index in [9.17, 15) is 4.79 Å². The lowest BCUT2D eigenvalue weighted by molar-refractivity contribution is 0.0992. The summed E-state index contributed by atoms with van der Waals surface area (Å²) >= 11 is 0. The van der Waals surface area contributed by atoms with Crippen molar-refractivity contribution in [2.24, 2.45) is 7.05 Å². The Morgan fingerprint density at radius 3 is 2.44 bits per heavy atom. The summed E-state index contributed by atoms with van der Waals surface area (Å²) in [5, 5.41) is 4.17. The number of rotatable bonds is 2. The highest BCUT2D eigenvalue weighted by Gasteiger charge is 2.17. The monoisotopic (exact) mass is 244 g/mol. The first-order valence-electron chi connectivity index (χ1n) is 5.63. The zero-order valence-corrected chi connectivity index (χ0v) is 10.7. The molecule has 0 aliphatic carbocycles. The van der Waals surface area contributed by atoms with Gasteiger partial charge in [0.25, 0.3) is 5.91 Å². The summed E-state index contributed by atoms with van der Waals surface area (Å²) in [6, 6.07) is 7.18. The van der Waals surface area contributed by atoms with Crippen LogP contribution in [0.4, 0.5) is 11.4 Å². The predicted octanol–water partition coefficient (Wildman–Crippen LogP) is 1.59. The summed E-state index contributed by atoms with van der Waals surface area (Å²) in [4.78, 5) is 13.9. The van der Waals surface area contributed by atoms with Crippen molar-refractivity contribution >= 4 is 17.3 Å². The number of hydrogen-bond donors (Lipinski definition) is 1. The number of aryl methyl sites for hydroxylation is 2. The van der Waals surface area contributed by atoms with Crippen molar-refractivity contribution < 1.29 is 4.79 Å². The summed E-state index contributed by atoms with van der Waals surface area (Å²) in [5.74, 6) is -0.0784. The molecule has 0 atom stereocenters. The van der Waals surface area contributed by atoms with E-state index in [-0.39, 0.29) is 5.91 Å². The Balaban J connectivity index is 2.29. The molecular weight excluding hydrogens is 228 g/mol. The van der Waals surface area contributed by atoms with E-state index in [1.807, 2.05) is 19.1 Å². The maximum absolute atomic E-state index is 12.3. The standard InChI is InChI=1S/C13H16N4O/c1-9-12(8-16(2)15-9)13(18)17(3)11-6-4-10(14)5-7-11/h4-8H,14H2,1-3H3. The van der Waals surface area contributed by atoms with Crippen molar-refractivity contribution in [3.63, 3.8) is 0 Å². The van der Waals surface area contributed by atoms with Gasteiger partial charge in [0, 0.05) is 31.7 Å². The van der Waals surface area contributed by atoms with E-state index in [1.54, 1.807) is 42.0 Å². The topological polar surface area (TPSA) is 64.2 Å². The molecule has 2 N–H and O–H groups in total. The third-order valence-electron chi connectivity index (χ3n) is 2.83. The highest BCUT2D eigenvalue weighted by Crippen LogP contribution is 2.18. The number of carbonyl (C=O) groups excluding carboxylic acids is 1. The molecule has 0 aliphatic rings. The second-order valence-corrected chi connectivity index (χ2v) is 4.26. The van der Waals surface area contributed by atoms with Crippen LogP contribution in [-0.2, 0) is 7.05 Å². The van der Waals surface area contributed by atoms with Crippen molar-refractivity contribution in [2.45, 2.75) is 6.92 Å². The minimum Gasteiger partial charge on any atom is -0.399 e. The molecule has 1 aromatic heterocycles. The van der Waals surface area contributed by atoms with Crippen LogP contribution >= 0.6 is 0 Å². The molecular formula is C13H16N4O. The van der Waals surface area contributed by atoms with E-state index < -0.39 is 0 Å². The summed E-state index contributed by atoms with van der Waals surface area (Å²) < 4.78 is 1.64. The van der Waals surface area contributed by atoms with E-state index >= 15 is 0 Å². The summed E-state index contributed by atoms with van der Waals surface area (Å²) in [5.41, 5.74) is 8.44. The zero-order chi connectivity index (χ0) is 13.3. The minimum atomic E-state index is -0.0784. The molecule has 0 unspecified atom stereocenters. The van der Waals surface area contributed by atoms with Crippen molar-refractivity contribution in [3.05, 3.63) is 41.7 Å². The van der Waals surface area contributed by atoms with E-state index in [4.69, 9.17) is 5.73 Å². The first-order chi connectivity index (χ1) is 8.49. The van der Waals surface area contributed by atoms with Gasteiger partial charge in [0.2, 0.25) is 0 Å². The first-order valence-corrected chi connectivity index (χ1v) is 5.63. The lowest BCUT2D eigenvalue weighted by Gasteiger charge is -2.16. The lowest BCUT2D eigenvalue weighted by Crippen LogP contribution is -2.26. The number of benzene rings is 1. The van der Waals surface area contributed by atoms with Crippen LogP contribution in [0.1, 0.15) is 16.1 Å². The Labute approximate surface area is 106 Å². The first kappa shape index (κ1) is 12.2. The molecule has 94 valence electrons. The molecule has 0 radical (unpaired) electrons. The van der Waals surface area contributed by atoms with Gasteiger partial charge in [-0.3, -0.25) is 9.48 Å². The van der Waals surface area contributed by atoms with Crippen LogP contribution in [0.15, 0.2) is 30.5 Å². The Morgan fingerprint density at radius 2 is 1.94 bits per heavy atom. The Bertz CT molecular complexity index is 571. The fourth-order valence-corrected chi connectivity index (χ4v) is 1.81. The number of aromatic nitrogens is 2. The van der Waals surface area contributed by atoms with Crippen LogP contribution in [-0.4, -0.2) is 22.7 Å². The Morgan fingerprint density at radius 1 is 1.33 bits per heavy atom. The quantitative estimate of drug-likeness (QED) is 0.816. The van der Waals surface area contributed by atoms with E-state index in [1.165, 1.54) is 0 Å². The average molecular weight is 244 g/mol. The number of hydrogen-bond acceptors (Lipinski definition) is 3. The maximum Gasteiger partial charge on any atom is 0.261 e. The van der Waals surface area contributed by atoms with Crippen molar-refractivity contribution in [1.29, 1.82) is 0 Å². The molecule has 0 spiro atoms. The van der Waals surface area contributed by atoms with Gasteiger partial charge in [-0.15, -0.1) is 0 Å². The predicted molar refractivity (Wildman–Crippen MR) is 71.5 cm³/mol. The molecule has 0 fully saturated rings. The molecule has 0 saturated carbocycles. The molecule has 2 rings (SSSR count). The maximum atomic E-state index is 12.3. The average Bonchev–Trinajstić information content (AvgIpc) is 2.67. The van der Waals surface area contributed by atoms with Gasteiger partial charge in [-0.25, -0.2) is 0 Å². The molecule has 2 aromatic rings. The van der Waals surface area contributed by atoms with Gasteiger partial charge in [0.1, 0.15) is 0 Å². The van der Waals surface area contributed by atoms with Gasteiger partial charge < -0.3 is 10.6 Å². The van der Waals surface area contributed by atoms with Crippen LogP contribution in [0, 0.1) is 6.92 Å². The van der Waals surface area contributed by atoms with Gasteiger partial charge >= 0.3 is 0 Å². The SMILES string of the molecule is Cc1nn(C)cc1C(=O)N(C)c1ccc(N)cc1. The van der Waals surface area contributed by atoms with Crippen molar-refractivity contribution in [2.75, 3.05) is 17.7 Å². The minimum absolute atomic E-state index is 0.0784. The third kappa shape index (κ3) is 2.20. The summed E-state index contributed by atoms with van der Waals surface area (Å²) in [6.07, 6.45) is 1.73. The van der Waals surface area contributed by atoms with E-state index in [0.29, 0.717) is 11.3 Å². The van der Waals surface area contributed by atoms with E-state index in [2.05, 4.69) is 5.10 Å². The normalized spacial score (nSPS) is 10.4. The molecule has 0 bridgehead atoms. The molecule has 5 nitrogen and oxygen atoms in total. The lowest BCUT2D eigenvalue weighted by atomic mass is 10.2. The van der Waals surface area contributed by atoms with Crippen LogP contribution in [0.3, 0.4) is 0 Å². The van der Waals surface area contributed by atoms with Gasteiger partial charge in [0.15, 0.2) is 0 Å². The summed E-state index contributed by atoms with van der Waals surface area (Å²) in [7, 11) is 3.54. The fourth-order valence-electron chi connectivity index (χ4n) is 1.81. The highest BCUT2D eigenvalue weighted by molar-refractivity contribution is 6.06. The number of nitrogen functional groups attached to an aromatic ring is 1. The fraction of sp³-hybridized carbons (Fsp3) is 0.231. The number of anilines is 2. The number of carbonyl (C=O) groups is 1. The van der Waals surface area contributed by atoms with Crippen LogP contribution < -0.4 is 10.6 Å². The molecule has 18 heavy (non-hydrogen) atoms. The van der Waals surface area contributed by atoms with Crippen molar-refractivity contribution in [1.82, 2.24) is 9.78 Å². The largest absolute Gasteiger partial charge is 0.399 e. The smallest absolute Gasteiger partial charge is 0.261 e. The molecule has 0 aliphatic heterocycles. The molecule has 1 amide bonds. The Kier molecular flexibility index (Phi) is 3.06. The zero-order valence-electron chi connectivity index (χ0n) is 10.7. The van der Waals surface area contributed by atoms with Gasteiger partial charge in [-0.05, 0) is 31.2 Å². The summed E-state index contributed by atoms with van der Waals surface area (Å²) in [6.45, 7) is 1.82. The number of nitrogens with zero attached hydrogens (tertiary/aromatic N) is 3. The number of nitrogens with two attached hydrogens (primary N) is 1. The van der Waals surface area contributed by atoms with Crippen LogP contribution in [0.2, 0.25) is 0 Å². The molecule has 1 heterocycles. The molecule has 1 aromatic carbocycles. The van der Waals surface area contributed by atoms with Crippen molar-refractivity contribution in [3.8, 4) is 0 Å². The molecule has 0 saturated heterocycles. The van der Waals surface area contributed by atoms with Gasteiger partial charge in [-0.1, -0.05) is 0 Å². The highest BCUT2D eigenvalue weighted by atomic mass is 16.2. The molecule has 5 heteroatoms. The number of amides is 1.